The van der Waals surface area contributed by atoms with Crippen molar-refractivity contribution in [3.8, 4) is 11.5 Å². The van der Waals surface area contributed by atoms with Gasteiger partial charge in [0.05, 0.1) is 7.11 Å². The second-order valence-electron chi connectivity index (χ2n) is 4.16. The predicted octanol–water partition coefficient (Wildman–Crippen LogP) is 1.14. The van der Waals surface area contributed by atoms with Crippen LogP contribution in [0.3, 0.4) is 0 Å². The smallest absolute Gasteiger partial charge is 0.122 e. The van der Waals surface area contributed by atoms with Crippen LogP contribution in [0.5, 0.6) is 11.5 Å². The van der Waals surface area contributed by atoms with Crippen LogP contribution in [0.1, 0.15) is 5.56 Å². The molecule has 96 valence electrons. The summed E-state index contributed by atoms with van der Waals surface area (Å²) in [7, 11) is 5.71. The standard InChI is InChI=1S/C13H22N2O2/c1-15(2)8-9-17-13-5-4-12(16-3)10-11(13)6-7-14/h4-5,10H,6-9,14H2,1-3H3. The second-order valence-corrected chi connectivity index (χ2v) is 4.16. The van der Waals surface area contributed by atoms with Crippen LogP contribution in [0.25, 0.3) is 0 Å². The molecule has 4 nitrogen and oxygen atoms in total. The molecule has 1 rings (SSSR count). The van der Waals surface area contributed by atoms with Crippen molar-refractivity contribution >= 4 is 0 Å². The zero-order valence-corrected chi connectivity index (χ0v) is 10.9. The first kappa shape index (κ1) is 13.8. The van der Waals surface area contributed by atoms with Gasteiger partial charge in [-0.05, 0) is 50.8 Å². The monoisotopic (exact) mass is 238 g/mol. The van der Waals surface area contributed by atoms with E-state index in [1.54, 1.807) is 7.11 Å². The molecule has 0 spiro atoms. The Kier molecular flexibility index (Phi) is 5.80. The molecule has 0 fully saturated rings. The van der Waals surface area contributed by atoms with Gasteiger partial charge in [-0.2, -0.15) is 0 Å². The molecular formula is C13H22N2O2. The van der Waals surface area contributed by atoms with Crippen LogP contribution < -0.4 is 15.2 Å². The number of ether oxygens (including phenoxy) is 2. The van der Waals surface area contributed by atoms with E-state index in [9.17, 15) is 0 Å². The first-order valence-corrected chi connectivity index (χ1v) is 5.82. The SMILES string of the molecule is COc1ccc(OCCN(C)C)c(CCN)c1. The molecule has 0 bridgehead atoms. The number of rotatable bonds is 7. The van der Waals surface area contributed by atoms with Gasteiger partial charge in [0.15, 0.2) is 0 Å². The highest BCUT2D eigenvalue weighted by molar-refractivity contribution is 5.40. The van der Waals surface area contributed by atoms with Gasteiger partial charge in [-0.15, -0.1) is 0 Å². The lowest BCUT2D eigenvalue weighted by atomic mass is 10.1. The maximum Gasteiger partial charge on any atom is 0.122 e. The van der Waals surface area contributed by atoms with E-state index in [0.717, 1.165) is 30.0 Å². The molecule has 0 saturated carbocycles. The van der Waals surface area contributed by atoms with E-state index in [1.165, 1.54) is 0 Å². The van der Waals surface area contributed by atoms with E-state index >= 15 is 0 Å². The molecule has 0 radical (unpaired) electrons. The van der Waals surface area contributed by atoms with Crippen LogP contribution in [0, 0.1) is 0 Å². The summed E-state index contributed by atoms with van der Waals surface area (Å²) < 4.78 is 10.9. The van der Waals surface area contributed by atoms with Gasteiger partial charge in [-0.1, -0.05) is 0 Å². The van der Waals surface area contributed by atoms with Crippen LogP contribution in [0.15, 0.2) is 18.2 Å². The van der Waals surface area contributed by atoms with Crippen molar-refractivity contribution in [1.29, 1.82) is 0 Å². The molecule has 0 aliphatic carbocycles. The molecule has 1 aromatic carbocycles. The molecule has 1 aromatic rings. The lowest BCUT2D eigenvalue weighted by Gasteiger charge is -2.14. The summed E-state index contributed by atoms with van der Waals surface area (Å²) in [6.45, 7) is 2.18. The van der Waals surface area contributed by atoms with E-state index in [4.69, 9.17) is 15.2 Å². The van der Waals surface area contributed by atoms with Gasteiger partial charge in [-0.25, -0.2) is 0 Å². The Bertz CT molecular complexity index is 340. The molecule has 0 aliphatic heterocycles. The van der Waals surface area contributed by atoms with Crippen molar-refractivity contribution in [2.75, 3.05) is 40.9 Å². The van der Waals surface area contributed by atoms with Crippen LogP contribution in [-0.2, 0) is 6.42 Å². The quantitative estimate of drug-likeness (QED) is 0.774. The number of methoxy groups -OCH3 is 1. The Morgan fingerprint density at radius 1 is 1.29 bits per heavy atom. The summed E-state index contributed by atoms with van der Waals surface area (Å²) >= 11 is 0. The summed E-state index contributed by atoms with van der Waals surface area (Å²) in [6, 6.07) is 5.84. The molecule has 0 unspecified atom stereocenters. The van der Waals surface area contributed by atoms with Gasteiger partial charge >= 0.3 is 0 Å². The lowest BCUT2D eigenvalue weighted by molar-refractivity contribution is 0.259. The van der Waals surface area contributed by atoms with Gasteiger partial charge in [0.1, 0.15) is 18.1 Å². The third-order valence-electron chi connectivity index (χ3n) is 2.48. The summed E-state index contributed by atoms with van der Waals surface area (Å²) in [6.07, 6.45) is 0.800. The largest absolute Gasteiger partial charge is 0.497 e. The van der Waals surface area contributed by atoms with E-state index in [2.05, 4.69) is 4.90 Å². The van der Waals surface area contributed by atoms with Crippen molar-refractivity contribution in [3.63, 3.8) is 0 Å². The summed E-state index contributed by atoms with van der Waals surface area (Å²) in [5.41, 5.74) is 6.70. The molecule has 17 heavy (non-hydrogen) atoms. The third-order valence-corrected chi connectivity index (χ3v) is 2.48. The average molecular weight is 238 g/mol. The molecule has 0 aliphatic rings. The van der Waals surface area contributed by atoms with Crippen molar-refractivity contribution in [2.24, 2.45) is 5.73 Å². The van der Waals surface area contributed by atoms with Crippen molar-refractivity contribution < 1.29 is 9.47 Å². The Morgan fingerprint density at radius 2 is 2.06 bits per heavy atom. The van der Waals surface area contributed by atoms with Crippen LogP contribution in [-0.4, -0.2) is 45.8 Å². The number of benzene rings is 1. The Labute approximate surface area is 103 Å². The van der Waals surface area contributed by atoms with E-state index in [0.29, 0.717) is 13.2 Å². The molecule has 0 amide bonds. The van der Waals surface area contributed by atoms with Gasteiger partial charge in [-0.3, -0.25) is 0 Å². The maximum absolute atomic E-state index is 5.75. The Hall–Kier alpha value is -1.26. The lowest BCUT2D eigenvalue weighted by Crippen LogP contribution is -2.20. The zero-order valence-electron chi connectivity index (χ0n) is 10.9. The molecule has 0 atom stereocenters. The summed E-state index contributed by atoms with van der Waals surface area (Å²) in [5, 5.41) is 0. The first-order chi connectivity index (χ1) is 8.17. The first-order valence-electron chi connectivity index (χ1n) is 5.82. The second kappa shape index (κ2) is 7.14. The summed E-state index contributed by atoms with van der Waals surface area (Å²) in [5.74, 6) is 1.74. The third kappa shape index (κ3) is 4.63. The number of hydrogen-bond donors (Lipinski definition) is 1. The van der Waals surface area contributed by atoms with Crippen LogP contribution >= 0.6 is 0 Å². The number of hydrogen-bond acceptors (Lipinski definition) is 4. The minimum absolute atomic E-state index is 0.608. The maximum atomic E-state index is 5.75. The van der Waals surface area contributed by atoms with Crippen LogP contribution in [0.4, 0.5) is 0 Å². The van der Waals surface area contributed by atoms with Gasteiger partial charge < -0.3 is 20.1 Å². The van der Waals surface area contributed by atoms with Crippen molar-refractivity contribution in [2.45, 2.75) is 6.42 Å². The normalized spacial score (nSPS) is 10.6. The van der Waals surface area contributed by atoms with Gasteiger partial charge in [0, 0.05) is 6.54 Å². The van der Waals surface area contributed by atoms with Crippen molar-refractivity contribution in [1.82, 2.24) is 4.90 Å². The number of nitrogens with zero attached hydrogens (tertiary/aromatic N) is 1. The Balaban J connectivity index is 2.68. The number of nitrogens with two attached hydrogens (primary N) is 1. The van der Waals surface area contributed by atoms with Crippen LogP contribution in [0.2, 0.25) is 0 Å². The fourth-order valence-corrected chi connectivity index (χ4v) is 1.51. The van der Waals surface area contributed by atoms with E-state index in [1.807, 2.05) is 32.3 Å². The molecule has 4 heteroatoms. The highest BCUT2D eigenvalue weighted by atomic mass is 16.5. The fourth-order valence-electron chi connectivity index (χ4n) is 1.51. The van der Waals surface area contributed by atoms with E-state index in [-0.39, 0.29) is 0 Å². The Morgan fingerprint density at radius 3 is 2.65 bits per heavy atom. The topological polar surface area (TPSA) is 47.7 Å². The van der Waals surface area contributed by atoms with Crippen molar-refractivity contribution in [3.05, 3.63) is 23.8 Å². The highest BCUT2D eigenvalue weighted by Crippen LogP contribution is 2.24. The molecular weight excluding hydrogens is 216 g/mol. The molecule has 0 heterocycles. The highest BCUT2D eigenvalue weighted by Gasteiger charge is 2.05. The minimum Gasteiger partial charge on any atom is -0.497 e. The van der Waals surface area contributed by atoms with Gasteiger partial charge in [0.25, 0.3) is 0 Å². The average Bonchev–Trinajstić information content (AvgIpc) is 2.31. The fraction of sp³-hybridized carbons (Fsp3) is 0.538. The summed E-state index contributed by atoms with van der Waals surface area (Å²) in [4.78, 5) is 2.09. The predicted molar refractivity (Wildman–Crippen MR) is 69.8 cm³/mol. The molecule has 0 saturated heterocycles. The zero-order chi connectivity index (χ0) is 12.7. The molecule has 2 N–H and O–H groups in total. The van der Waals surface area contributed by atoms with Gasteiger partial charge in [0.2, 0.25) is 0 Å². The molecule has 0 aromatic heterocycles. The minimum atomic E-state index is 0.608. The number of likely N-dealkylation sites (N-methyl/N-ethyl adjacent to an activating group) is 1. The van der Waals surface area contributed by atoms with E-state index < -0.39 is 0 Å².